The number of benzene rings is 1. The van der Waals surface area contributed by atoms with Crippen LogP contribution >= 0.6 is 23.4 Å². The maximum atomic E-state index is 12.2. The molecule has 1 aromatic carbocycles. The summed E-state index contributed by atoms with van der Waals surface area (Å²) in [7, 11) is 0. The van der Waals surface area contributed by atoms with Crippen LogP contribution in [0.2, 0.25) is 5.02 Å². The summed E-state index contributed by atoms with van der Waals surface area (Å²) in [4.78, 5) is 41.5. The van der Waals surface area contributed by atoms with Crippen LogP contribution in [0.1, 0.15) is 20.8 Å². The first kappa shape index (κ1) is 19.3. The molecule has 0 fully saturated rings. The van der Waals surface area contributed by atoms with E-state index in [-0.39, 0.29) is 18.5 Å². The molecule has 1 aromatic rings. The summed E-state index contributed by atoms with van der Waals surface area (Å²) in [6, 6.07) is 6.28. The van der Waals surface area contributed by atoms with E-state index in [0.29, 0.717) is 15.9 Å². The first-order chi connectivity index (χ1) is 11.8. The molecule has 0 spiro atoms. The molecule has 0 bridgehead atoms. The molecule has 1 aliphatic heterocycles. The fourth-order valence-electron chi connectivity index (χ4n) is 2.07. The van der Waals surface area contributed by atoms with Gasteiger partial charge in [0, 0.05) is 6.04 Å². The fourth-order valence-corrected chi connectivity index (χ4v) is 3.21. The third kappa shape index (κ3) is 4.96. The van der Waals surface area contributed by atoms with Crippen molar-refractivity contribution in [1.29, 1.82) is 0 Å². The number of carbonyl (C=O) groups excluding carboxylic acids is 3. The van der Waals surface area contributed by atoms with E-state index in [2.05, 4.69) is 15.6 Å². The number of imide groups is 1. The average molecular weight is 383 g/mol. The molecule has 2 rings (SSSR count). The number of thioether (sulfide) groups is 1. The molecule has 1 heterocycles. The number of halogens is 1. The zero-order valence-corrected chi connectivity index (χ0v) is 15.6. The van der Waals surface area contributed by atoms with Gasteiger partial charge in [-0.15, -0.1) is 0 Å². The van der Waals surface area contributed by atoms with Crippen LogP contribution in [0.3, 0.4) is 0 Å². The number of anilines is 1. The molecule has 1 aliphatic rings. The van der Waals surface area contributed by atoms with Gasteiger partial charge in [-0.25, -0.2) is 4.79 Å². The van der Waals surface area contributed by atoms with Crippen molar-refractivity contribution in [3.8, 4) is 0 Å². The van der Waals surface area contributed by atoms with Gasteiger partial charge in [0.15, 0.2) is 5.17 Å². The Labute approximate surface area is 155 Å². The van der Waals surface area contributed by atoms with E-state index in [0.717, 1.165) is 11.8 Å². The Morgan fingerprint density at radius 1 is 1.28 bits per heavy atom. The molecule has 134 valence electrons. The van der Waals surface area contributed by atoms with Crippen LogP contribution in [0.4, 0.5) is 10.5 Å². The number of rotatable bonds is 4. The molecule has 0 aliphatic carbocycles. The number of aliphatic imine (C=N–C) groups is 1. The number of carbonyl (C=O) groups is 3. The Kier molecular flexibility index (Phi) is 6.44. The lowest BCUT2D eigenvalue weighted by Crippen LogP contribution is -2.45. The first-order valence-electron chi connectivity index (χ1n) is 7.69. The minimum absolute atomic E-state index is 0.00424. The summed E-state index contributed by atoms with van der Waals surface area (Å²) >= 11 is 7.26. The molecule has 0 aromatic heterocycles. The van der Waals surface area contributed by atoms with Crippen LogP contribution in [0.15, 0.2) is 29.3 Å². The number of urea groups is 1. The van der Waals surface area contributed by atoms with Gasteiger partial charge in [-0.1, -0.05) is 35.5 Å². The highest BCUT2D eigenvalue weighted by Crippen LogP contribution is 2.31. The highest BCUT2D eigenvalue weighted by atomic mass is 35.5. The van der Waals surface area contributed by atoms with Crippen LogP contribution in [-0.4, -0.2) is 40.8 Å². The van der Waals surface area contributed by atoms with Crippen molar-refractivity contribution in [1.82, 2.24) is 10.6 Å². The van der Waals surface area contributed by atoms with Gasteiger partial charge in [0.25, 0.3) is 5.91 Å². The van der Waals surface area contributed by atoms with Crippen LogP contribution in [0, 0.1) is 0 Å². The van der Waals surface area contributed by atoms with Gasteiger partial charge < -0.3 is 5.32 Å². The standard InChI is InChI=1S/C16H19ClN4O3S/c1-9(2)19-15(24)20-14(23)10(3)25-16-18-8-13(22)21(16)12-7-5-4-6-11(12)17/h4-7,9-10H,8H2,1-3H3,(H2,19,20,23,24)/t10-/m1/s1. The quantitative estimate of drug-likeness (QED) is 0.836. The third-order valence-electron chi connectivity index (χ3n) is 3.19. The highest BCUT2D eigenvalue weighted by Gasteiger charge is 2.31. The number of nitrogens with one attached hydrogen (secondary N) is 2. The Bertz CT molecular complexity index is 723. The van der Waals surface area contributed by atoms with Crippen molar-refractivity contribution >= 4 is 52.1 Å². The van der Waals surface area contributed by atoms with Gasteiger partial charge in [0.2, 0.25) is 5.91 Å². The van der Waals surface area contributed by atoms with Crippen molar-refractivity contribution in [3.63, 3.8) is 0 Å². The minimum atomic E-state index is -0.618. The summed E-state index contributed by atoms with van der Waals surface area (Å²) in [6.45, 7) is 5.22. The summed E-state index contributed by atoms with van der Waals surface area (Å²) < 4.78 is 0. The number of amidine groups is 1. The number of hydrogen-bond acceptors (Lipinski definition) is 5. The van der Waals surface area contributed by atoms with Gasteiger partial charge >= 0.3 is 6.03 Å². The van der Waals surface area contributed by atoms with Gasteiger partial charge in [0.1, 0.15) is 6.54 Å². The molecule has 4 amide bonds. The molecule has 0 saturated heterocycles. The SMILES string of the molecule is CC(C)NC(=O)NC(=O)[C@@H](C)SC1=NCC(=O)N1c1ccccc1Cl. The van der Waals surface area contributed by atoms with Crippen LogP contribution in [0.25, 0.3) is 0 Å². The lowest BCUT2D eigenvalue weighted by atomic mass is 10.3. The Balaban J connectivity index is 2.05. The lowest BCUT2D eigenvalue weighted by molar-refractivity contribution is -0.119. The maximum Gasteiger partial charge on any atom is 0.321 e. The molecule has 1 atom stereocenters. The van der Waals surface area contributed by atoms with E-state index in [1.807, 2.05) is 0 Å². The van der Waals surface area contributed by atoms with Crippen molar-refractivity contribution in [3.05, 3.63) is 29.3 Å². The Morgan fingerprint density at radius 2 is 1.96 bits per heavy atom. The smallest absolute Gasteiger partial charge is 0.321 e. The predicted molar refractivity (Wildman–Crippen MR) is 100 cm³/mol. The Morgan fingerprint density at radius 3 is 2.60 bits per heavy atom. The largest absolute Gasteiger partial charge is 0.336 e. The summed E-state index contributed by atoms with van der Waals surface area (Å²) in [5.74, 6) is -0.690. The highest BCUT2D eigenvalue weighted by molar-refractivity contribution is 8.15. The topological polar surface area (TPSA) is 90.9 Å². The summed E-state index contributed by atoms with van der Waals surface area (Å²) in [5, 5.41) is 5.02. The third-order valence-corrected chi connectivity index (χ3v) is 4.60. The molecule has 0 saturated carbocycles. The normalized spacial score (nSPS) is 15.2. The fraction of sp³-hybridized carbons (Fsp3) is 0.375. The Hall–Kier alpha value is -2.06. The molecule has 9 heteroatoms. The second-order valence-electron chi connectivity index (χ2n) is 5.66. The number of hydrogen-bond donors (Lipinski definition) is 2. The van der Waals surface area contributed by atoms with Gasteiger partial charge in [0.05, 0.1) is 16.0 Å². The first-order valence-corrected chi connectivity index (χ1v) is 8.95. The maximum absolute atomic E-state index is 12.2. The number of para-hydroxylation sites is 1. The van der Waals surface area contributed by atoms with Crippen molar-refractivity contribution in [2.75, 3.05) is 11.4 Å². The van der Waals surface area contributed by atoms with Crippen LogP contribution in [0.5, 0.6) is 0 Å². The van der Waals surface area contributed by atoms with Crippen molar-refractivity contribution in [2.24, 2.45) is 4.99 Å². The van der Waals surface area contributed by atoms with Crippen molar-refractivity contribution in [2.45, 2.75) is 32.1 Å². The second-order valence-corrected chi connectivity index (χ2v) is 7.37. The van der Waals surface area contributed by atoms with E-state index in [1.165, 1.54) is 4.90 Å². The lowest BCUT2D eigenvalue weighted by Gasteiger charge is -2.21. The zero-order chi connectivity index (χ0) is 18.6. The molecular weight excluding hydrogens is 364 g/mol. The summed E-state index contributed by atoms with van der Waals surface area (Å²) in [6.07, 6.45) is 0. The second kappa shape index (κ2) is 8.35. The molecule has 0 unspecified atom stereocenters. The van der Waals surface area contributed by atoms with E-state index in [1.54, 1.807) is 45.0 Å². The molecule has 2 N–H and O–H groups in total. The van der Waals surface area contributed by atoms with Gasteiger partial charge in [-0.05, 0) is 32.9 Å². The molecule has 0 radical (unpaired) electrons. The minimum Gasteiger partial charge on any atom is -0.336 e. The monoisotopic (exact) mass is 382 g/mol. The van der Waals surface area contributed by atoms with Gasteiger partial charge in [-0.3, -0.25) is 24.8 Å². The number of amides is 4. The molecule has 7 nitrogen and oxygen atoms in total. The van der Waals surface area contributed by atoms with E-state index in [4.69, 9.17) is 11.6 Å². The predicted octanol–water partition coefficient (Wildman–Crippen LogP) is 2.40. The zero-order valence-electron chi connectivity index (χ0n) is 14.1. The molecular formula is C16H19ClN4O3S. The van der Waals surface area contributed by atoms with Crippen LogP contribution < -0.4 is 15.5 Å². The average Bonchev–Trinajstić information content (AvgIpc) is 2.87. The van der Waals surface area contributed by atoms with E-state index in [9.17, 15) is 14.4 Å². The van der Waals surface area contributed by atoms with E-state index >= 15 is 0 Å². The number of nitrogens with zero attached hydrogens (tertiary/aromatic N) is 2. The summed E-state index contributed by atoms with van der Waals surface area (Å²) in [5.41, 5.74) is 0.517. The van der Waals surface area contributed by atoms with E-state index < -0.39 is 17.2 Å². The van der Waals surface area contributed by atoms with Crippen molar-refractivity contribution < 1.29 is 14.4 Å². The van der Waals surface area contributed by atoms with Gasteiger partial charge in [-0.2, -0.15) is 0 Å². The molecule has 25 heavy (non-hydrogen) atoms. The van der Waals surface area contributed by atoms with Crippen LogP contribution in [-0.2, 0) is 9.59 Å².